The van der Waals surface area contributed by atoms with Gasteiger partial charge in [-0.2, -0.15) is 0 Å². The second kappa shape index (κ2) is 12.4. The van der Waals surface area contributed by atoms with Crippen molar-refractivity contribution in [3.05, 3.63) is 60.2 Å². The van der Waals surface area contributed by atoms with Gasteiger partial charge in [0, 0.05) is 31.9 Å². The third-order valence-corrected chi connectivity index (χ3v) is 4.99. The predicted octanol–water partition coefficient (Wildman–Crippen LogP) is 2.49. The van der Waals surface area contributed by atoms with Gasteiger partial charge in [-0.3, -0.25) is 4.90 Å². The maximum absolute atomic E-state index is 12.3. The minimum absolute atomic E-state index is 0.153. The van der Waals surface area contributed by atoms with Crippen LogP contribution in [0.2, 0.25) is 0 Å². The first kappa shape index (κ1) is 24.0. The molecule has 0 saturated carbocycles. The van der Waals surface area contributed by atoms with Gasteiger partial charge in [-0.15, -0.1) is 0 Å². The fourth-order valence-electron chi connectivity index (χ4n) is 3.41. The Balaban J connectivity index is 1.35. The van der Waals surface area contributed by atoms with Crippen LogP contribution in [0, 0.1) is 0 Å². The van der Waals surface area contributed by atoms with E-state index in [0.717, 1.165) is 24.4 Å². The van der Waals surface area contributed by atoms with E-state index in [4.69, 9.17) is 14.2 Å². The van der Waals surface area contributed by atoms with E-state index in [-0.39, 0.29) is 12.6 Å². The molecule has 0 aromatic heterocycles. The maximum Gasteiger partial charge on any atom is 0.319 e. The van der Waals surface area contributed by atoms with Gasteiger partial charge in [0.15, 0.2) is 0 Å². The third-order valence-electron chi connectivity index (χ3n) is 4.99. The molecular weight excluding hydrogens is 410 g/mol. The summed E-state index contributed by atoms with van der Waals surface area (Å²) >= 11 is 0. The quantitative estimate of drug-likeness (QED) is 0.462. The van der Waals surface area contributed by atoms with Crippen LogP contribution in [0.1, 0.15) is 12.5 Å². The Hall–Kier alpha value is -2.65. The molecule has 1 aliphatic rings. The first-order valence-electron chi connectivity index (χ1n) is 10.9. The van der Waals surface area contributed by atoms with Gasteiger partial charge in [-0.25, -0.2) is 4.79 Å². The highest BCUT2D eigenvalue weighted by Gasteiger charge is 2.25. The summed E-state index contributed by atoms with van der Waals surface area (Å²) in [7, 11) is 0. The number of morpholine rings is 1. The number of ether oxygens (including phenoxy) is 3. The van der Waals surface area contributed by atoms with Gasteiger partial charge in [-0.05, 0) is 36.8 Å². The van der Waals surface area contributed by atoms with E-state index in [1.807, 2.05) is 54.6 Å². The van der Waals surface area contributed by atoms with Crippen LogP contribution in [-0.4, -0.2) is 74.2 Å². The Bertz CT molecular complexity index is 825. The first-order chi connectivity index (χ1) is 15.5. The molecule has 0 radical (unpaired) electrons. The Morgan fingerprint density at radius 3 is 2.69 bits per heavy atom. The van der Waals surface area contributed by atoms with E-state index in [1.165, 1.54) is 0 Å². The Labute approximate surface area is 189 Å². The molecule has 0 unspecified atom stereocenters. The molecule has 0 spiro atoms. The van der Waals surface area contributed by atoms with E-state index in [2.05, 4.69) is 15.5 Å². The topological polar surface area (TPSA) is 92.3 Å². The summed E-state index contributed by atoms with van der Waals surface area (Å²) in [6.07, 6.45) is 0. The summed E-state index contributed by atoms with van der Waals surface area (Å²) in [5.74, 6) is 0.817. The molecule has 1 heterocycles. The highest BCUT2D eigenvalue weighted by molar-refractivity contribution is 5.89. The minimum Gasteiger partial charge on any atom is -0.491 e. The smallest absolute Gasteiger partial charge is 0.319 e. The molecule has 1 saturated heterocycles. The molecule has 0 aliphatic carbocycles. The molecule has 0 bridgehead atoms. The van der Waals surface area contributed by atoms with Crippen molar-refractivity contribution in [2.75, 3.05) is 57.9 Å². The highest BCUT2D eigenvalue weighted by atomic mass is 16.5. The van der Waals surface area contributed by atoms with Crippen LogP contribution in [0.25, 0.3) is 0 Å². The number of hydrogen-bond acceptors (Lipinski definition) is 6. The van der Waals surface area contributed by atoms with Gasteiger partial charge in [0.05, 0.1) is 32.0 Å². The SMILES string of the molecule is C[C@@](O)(CNC(=O)Nc1cccc(COCCOc2ccccc2)c1)CN1CCOCC1. The lowest BCUT2D eigenvalue weighted by atomic mass is 10.1. The average molecular weight is 444 g/mol. The van der Waals surface area contributed by atoms with Crippen molar-refractivity contribution in [2.24, 2.45) is 0 Å². The van der Waals surface area contributed by atoms with Crippen LogP contribution in [0.5, 0.6) is 5.75 Å². The van der Waals surface area contributed by atoms with Crippen molar-refractivity contribution in [3.63, 3.8) is 0 Å². The summed E-state index contributed by atoms with van der Waals surface area (Å²) < 4.78 is 16.6. The summed E-state index contributed by atoms with van der Waals surface area (Å²) in [6.45, 7) is 6.63. The van der Waals surface area contributed by atoms with Crippen molar-refractivity contribution in [1.82, 2.24) is 10.2 Å². The van der Waals surface area contributed by atoms with Crippen molar-refractivity contribution in [3.8, 4) is 5.75 Å². The summed E-state index contributed by atoms with van der Waals surface area (Å²) in [5.41, 5.74) is 0.588. The van der Waals surface area contributed by atoms with E-state index in [9.17, 15) is 9.90 Å². The number of nitrogens with one attached hydrogen (secondary N) is 2. The van der Waals surface area contributed by atoms with Crippen LogP contribution < -0.4 is 15.4 Å². The van der Waals surface area contributed by atoms with Gasteiger partial charge >= 0.3 is 6.03 Å². The number of anilines is 1. The first-order valence-corrected chi connectivity index (χ1v) is 10.9. The fourth-order valence-corrected chi connectivity index (χ4v) is 3.41. The third kappa shape index (κ3) is 8.84. The van der Waals surface area contributed by atoms with Crippen molar-refractivity contribution < 1.29 is 24.1 Å². The molecule has 1 fully saturated rings. The molecule has 1 atom stereocenters. The van der Waals surface area contributed by atoms with Crippen molar-refractivity contribution in [2.45, 2.75) is 19.1 Å². The summed E-state index contributed by atoms with van der Waals surface area (Å²) in [5, 5.41) is 16.1. The zero-order valence-electron chi connectivity index (χ0n) is 18.6. The van der Waals surface area contributed by atoms with E-state index in [1.54, 1.807) is 6.92 Å². The number of amides is 2. The molecule has 2 aromatic rings. The number of carbonyl (C=O) groups is 1. The monoisotopic (exact) mass is 443 g/mol. The maximum atomic E-state index is 12.3. The number of carbonyl (C=O) groups excluding carboxylic acids is 1. The molecule has 174 valence electrons. The van der Waals surface area contributed by atoms with Crippen LogP contribution in [0.4, 0.5) is 10.5 Å². The van der Waals surface area contributed by atoms with Crippen LogP contribution in [0.3, 0.4) is 0 Å². The zero-order valence-corrected chi connectivity index (χ0v) is 18.6. The fraction of sp³-hybridized carbons (Fsp3) is 0.458. The Kier molecular flexibility index (Phi) is 9.30. The van der Waals surface area contributed by atoms with E-state index in [0.29, 0.717) is 45.3 Å². The number of β-amino-alcohol motifs (C(OH)–C–C–N with tert-alkyl or cyclic N) is 1. The lowest BCUT2D eigenvalue weighted by Gasteiger charge is -2.33. The highest BCUT2D eigenvalue weighted by Crippen LogP contribution is 2.13. The van der Waals surface area contributed by atoms with E-state index < -0.39 is 5.60 Å². The molecule has 2 aromatic carbocycles. The normalized spacial score (nSPS) is 16.2. The number of hydrogen-bond donors (Lipinski definition) is 3. The minimum atomic E-state index is -1.02. The second-order valence-corrected chi connectivity index (χ2v) is 8.11. The van der Waals surface area contributed by atoms with Gasteiger partial charge in [0.25, 0.3) is 0 Å². The molecule has 3 rings (SSSR count). The van der Waals surface area contributed by atoms with Crippen LogP contribution in [-0.2, 0) is 16.1 Å². The molecule has 3 N–H and O–H groups in total. The number of nitrogens with zero attached hydrogens (tertiary/aromatic N) is 1. The lowest BCUT2D eigenvalue weighted by Crippen LogP contribution is -2.51. The molecule has 8 nitrogen and oxygen atoms in total. The number of urea groups is 1. The number of rotatable bonds is 11. The molecule has 32 heavy (non-hydrogen) atoms. The largest absolute Gasteiger partial charge is 0.491 e. The molecular formula is C24H33N3O5. The van der Waals surface area contributed by atoms with Gasteiger partial charge in [0.1, 0.15) is 12.4 Å². The van der Waals surface area contributed by atoms with E-state index >= 15 is 0 Å². The molecule has 8 heteroatoms. The standard InChI is InChI=1S/C24H33N3O5/c1-24(29,19-27-10-12-30-13-11-27)18-25-23(28)26-21-7-5-6-20(16-21)17-31-14-15-32-22-8-3-2-4-9-22/h2-9,16,29H,10-15,17-19H2,1H3,(H2,25,26,28)/t24-/m1/s1. The number of benzene rings is 2. The predicted molar refractivity (Wildman–Crippen MR) is 123 cm³/mol. The van der Waals surface area contributed by atoms with Crippen molar-refractivity contribution in [1.29, 1.82) is 0 Å². The number of aliphatic hydroxyl groups is 1. The van der Waals surface area contributed by atoms with Gasteiger partial charge < -0.3 is 30.0 Å². The van der Waals surface area contributed by atoms with Crippen LogP contribution in [0.15, 0.2) is 54.6 Å². The Morgan fingerprint density at radius 2 is 1.91 bits per heavy atom. The van der Waals surface area contributed by atoms with Gasteiger partial charge in [-0.1, -0.05) is 30.3 Å². The molecule has 2 amide bonds. The molecule has 1 aliphatic heterocycles. The second-order valence-electron chi connectivity index (χ2n) is 8.11. The van der Waals surface area contributed by atoms with Crippen molar-refractivity contribution >= 4 is 11.7 Å². The van der Waals surface area contributed by atoms with Crippen LogP contribution >= 0.6 is 0 Å². The number of para-hydroxylation sites is 1. The Morgan fingerprint density at radius 1 is 1.12 bits per heavy atom. The average Bonchev–Trinajstić information content (AvgIpc) is 2.79. The van der Waals surface area contributed by atoms with Gasteiger partial charge in [0.2, 0.25) is 0 Å². The lowest BCUT2D eigenvalue weighted by molar-refractivity contribution is -0.0205. The zero-order chi connectivity index (χ0) is 22.7. The summed E-state index contributed by atoms with van der Waals surface area (Å²) in [6, 6.07) is 16.7. The summed E-state index contributed by atoms with van der Waals surface area (Å²) in [4.78, 5) is 14.4.